The van der Waals surface area contributed by atoms with E-state index in [1.54, 1.807) is 0 Å². The lowest BCUT2D eigenvalue weighted by molar-refractivity contribution is 0.690. The molecule has 0 aliphatic rings. The SMILES string of the molecule is CCc1ccc(Cl)cc1C(N)CC. The number of hydrogen-bond acceptors (Lipinski definition) is 1. The zero-order valence-electron chi connectivity index (χ0n) is 8.18. The molecule has 0 radical (unpaired) electrons. The molecule has 72 valence electrons. The molecule has 1 atom stereocenters. The molecule has 0 saturated heterocycles. The van der Waals surface area contributed by atoms with E-state index in [1.165, 1.54) is 11.1 Å². The summed E-state index contributed by atoms with van der Waals surface area (Å²) in [4.78, 5) is 0. The first-order chi connectivity index (χ1) is 6.19. The Hall–Kier alpha value is -0.530. The number of nitrogens with two attached hydrogens (primary N) is 1. The lowest BCUT2D eigenvalue weighted by Crippen LogP contribution is -2.11. The second-order valence-corrected chi connectivity index (χ2v) is 3.65. The molecule has 0 aliphatic carbocycles. The average Bonchev–Trinajstić information content (AvgIpc) is 2.16. The standard InChI is InChI=1S/C11H16ClN/c1-3-8-5-6-9(12)7-10(8)11(13)4-2/h5-7,11H,3-4,13H2,1-2H3. The highest BCUT2D eigenvalue weighted by Crippen LogP contribution is 2.23. The first kappa shape index (κ1) is 10.6. The molecule has 2 heteroatoms. The first-order valence-corrected chi connectivity index (χ1v) is 5.10. The molecule has 0 bridgehead atoms. The van der Waals surface area contributed by atoms with Gasteiger partial charge in [0.1, 0.15) is 0 Å². The molecule has 0 spiro atoms. The van der Waals surface area contributed by atoms with Gasteiger partial charge in [-0.2, -0.15) is 0 Å². The Balaban J connectivity index is 3.07. The zero-order chi connectivity index (χ0) is 9.84. The summed E-state index contributed by atoms with van der Waals surface area (Å²) in [6.07, 6.45) is 1.97. The summed E-state index contributed by atoms with van der Waals surface area (Å²) in [5.41, 5.74) is 8.48. The van der Waals surface area contributed by atoms with Gasteiger partial charge in [-0.15, -0.1) is 0 Å². The maximum atomic E-state index is 5.98. The Bertz CT molecular complexity index is 283. The first-order valence-electron chi connectivity index (χ1n) is 4.73. The van der Waals surface area contributed by atoms with Crippen molar-refractivity contribution in [3.63, 3.8) is 0 Å². The largest absolute Gasteiger partial charge is 0.324 e. The minimum absolute atomic E-state index is 0.119. The zero-order valence-corrected chi connectivity index (χ0v) is 8.93. The van der Waals surface area contributed by atoms with Crippen molar-refractivity contribution in [2.24, 2.45) is 5.73 Å². The molecule has 0 amide bonds. The van der Waals surface area contributed by atoms with Crippen molar-refractivity contribution in [2.75, 3.05) is 0 Å². The quantitative estimate of drug-likeness (QED) is 0.791. The predicted molar refractivity (Wildman–Crippen MR) is 58.0 cm³/mol. The van der Waals surface area contributed by atoms with Crippen molar-refractivity contribution >= 4 is 11.6 Å². The van der Waals surface area contributed by atoms with Crippen LogP contribution in [0.5, 0.6) is 0 Å². The Morgan fingerprint density at radius 3 is 2.62 bits per heavy atom. The number of benzene rings is 1. The van der Waals surface area contributed by atoms with Gasteiger partial charge in [0.2, 0.25) is 0 Å². The highest BCUT2D eigenvalue weighted by Gasteiger charge is 2.08. The van der Waals surface area contributed by atoms with Crippen molar-refractivity contribution in [2.45, 2.75) is 32.7 Å². The molecule has 0 aromatic heterocycles. The second kappa shape index (κ2) is 4.64. The van der Waals surface area contributed by atoms with E-state index in [1.807, 2.05) is 12.1 Å². The summed E-state index contributed by atoms with van der Waals surface area (Å²) in [5.74, 6) is 0. The monoisotopic (exact) mass is 197 g/mol. The van der Waals surface area contributed by atoms with Crippen LogP contribution >= 0.6 is 11.6 Å². The maximum absolute atomic E-state index is 5.98. The van der Waals surface area contributed by atoms with Crippen molar-refractivity contribution in [3.05, 3.63) is 34.3 Å². The summed E-state index contributed by atoms with van der Waals surface area (Å²) < 4.78 is 0. The number of halogens is 1. The molecule has 1 nitrogen and oxygen atoms in total. The Kier molecular flexibility index (Phi) is 3.76. The van der Waals surface area contributed by atoms with E-state index in [4.69, 9.17) is 17.3 Å². The smallest absolute Gasteiger partial charge is 0.0409 e. The topological polar surface area (TPSA) is 26.0 Å². The van der Waals surface area contributed by atoms with Crippen LogP contribution in [-0.4, -0.2) is 0 Å². The third kappa shape index (κ3) is 2.45. The molecule has 0 heterocycles. The molecule has 13 heavy (non-hydrogen) atoms. The second-order valence-electron chi connectivity index (χ2n) is 3.21. The molecule has 1 unspecified atom stereocenters. The van der Waals surface area contributed by atoms with Crippen LogP contribution in [0.25, 0.3) is 0 Å². The van der Waals surface area contributed by atoms with Gasteiger partial charge in [0.25, 0.3) is 0 Å². The van der Waals surface area contributed by atoms with Crippen LogP contribution in [0.3, 0.4) is 0 Å². The van der Waals surface area contributed by atoms with Crippen molar-refractivity contribution in [1.82, 2.24) is 0 Å². The number of aryl methyl sites for hydroxylation is 1. The van der Waals surface area contributed by atoms with Gasteiger partial charge in [-0.1, -0.05) is 31.5 Å². The summed E-state index contributed by atoms with van der Waals surface area (Å²) in [6.45, 7) is 4.22. The summed E-state index contributed by atoms with van der Waals surface area (Å²) >= 11 is 5.92. The molecule has 0 aliphatic heterocycles. The van der Waals surface area contributed by atoms with Crippen molar-refractivity contribution in [3.8, 4) is 0 Å². The van der Waals surface area contributed by atoms with E-state index >= 15 is 0 Å². The van der Waals surface area contributed by atoms with Gasteiger partial charge >= 0.3 is 0 Å². The molecule has 1 rings (SSSR count). The van der Waals surface area contributed by atoms with E-state index in [-0.39, 0.29) is 6.04 Å². The van der Waals surface area contributed by atoms with Crippen LogP contribution in [0.15, 0.2) is 18.2 Å². The molecule has 2 N–H and O–H groups in total. The maximum Gasteiger partial charge on any atom is 0.0409 e. The van der Waals surface area contributed by atoms with Crippen LogP contribution in [0.2, 0.25) is 5.02 Å². The number of rotatable bonds is 3. The minimum Gasteiger partial charge on any atom is -0.324 e. The van der Waals surface area contributed by atoms with E-state index in [2.05, 4.69) is 19.9 Å². The van der Waals surface area contributed by atoms with Gasteiger partial charge < -0.3 is 5.73 Å². The molecule has 1 aromatic rings. The predicted octanol–water partition coefficient (Wildman–Crippen LogP) is 3.31. The Labute approximate surface area is 84.9 Å². The summed E-state index contributed by atoms with van der Waals surface area (Å²) in [5, 5.41) is 0.774. The highest BCUT2D eigenvalue weighted by atomic mass is 35.5. The molecule has 1 aromatic carbocycles. The lowest BCUT2D eigenvalue weighted by atomic mass is 9.98. The summed E-state index contributed by atoms with van der Waals surface area (Å²) in [7, 11) is 0. The summed E-state index contributed by atoms with van der Waals surface area (Å²) in [6, 6.07) is 6.09. The van der Waals surface area contributed by atoms with Crippen LogP contribution in [0, 0.1) is 0 Å². The van der Waals surface area contributed by atoms with Gasteiger partial charge in [-0.3, -0.25) is 0 Å². The van der Waals surface area contributed by atoms with E-state index in [0.29, 0.717) is 0 Å². The fourth-order valence-corrected chi connectivity index (χ4v) is 1.63. The normalized spacial score (nSPS) is 12.9. The van der Waals surface area contributed by atoms with Crippen LogP contribution in [0.4, 0.5) is 0 Å². The fraction of sp³-hybridized carbons (Fsp3) is 0.455. The van der Waals surface area contributed by atoms with E-state index < -0.39 is 0 Å². The molecular weight excluding hydrogens is 182 g/mol. The minimum atomic E-state index is 0.119. The fourth-order valence-electron chi connectivity index (χ4n) is 1.45. The Morgan fingerprint density at radius 1 is 1.38 bits per heavy atom. The average molecular weight is 198 g/mol. The van der Waals surface area contributed by atoms with Crippen LogP contribution in [-0.2, 0) is 6.42 Å². The van der Waals surface area contributed by atoms with Gasteiger partial charge in [-0.25, -0.2) is 0 Å². The van der Waals surface area contributed by atoms with Crippen molar-refractivity contribution in [1.29, 1.82) is 0 Å². The van der Waals surface area contributed by atoms with E-state index in [0.717, 1.165) is 17.9 Å². The van der Waals surface area contributed by atoms with Gasteiger partial charge in [0.15, 0.2) is 0 Å². The van der Waals surface area contributed by atoms with Gasteiger partial charge in [0.05, 0.1) is 0 Å². The van der Waals surface area contributed by atoms with Crippen LogP contribution in [0.1, 0.15) is 37.4 Å². The molecule has 0 fully saturated rings. The molecular formula is C11H16ClN. The number of hydrogen-bond donors (Lipinski definition) is 1. The Morgan fingerprint density at radius 2 is 2.08 bits per heavy atom. The highest BCUT2D eigenvalue weighted by molar-refractivity contribution is 6.30. The third-order valence-corrected chi connectivity index (χ3v) is 2.56. The van der Waals surface area contributed by atoms with Crippen LogP contribution < -0.4 is 5.73 Å². The lowest BCUT2D eigenvalue weighted by Gasteiger charge is -2.14. The van der Waals surface area contributed by atoms with E-state index in [9.17, 15) is 0 Å². The van der Waals surface area contributed by atoms with Gasteiger partial charge in [-0.05, 0) is 36.1 Å². The van der Waals surface area contributed by atoms with Crippen molar-refractivity contribution < 1.29 is 0 Å². The van der Waals surface area contributed by atoms with Gasteiger partial charge in [0, 0.05) is 11.1 Å². The molecule has 0 saturated carbocycles. The third-order valence-electron chi connectivity index (χ3n) is 2.33.